The Bertz CT molecular complexity index is 383. The molecule has 0 aromatic carbocycles. The van der Waals surface area contributed by atoms with Gasteiger partial charge < -0.3 is 10.2 Å². The zero-order valence-electron chi connectivity index (χ0n) is 11.9. The highest BCUT2D eigenvalue weighted by atomic mass is 15.2. The van der Waals surface area contributed by atoms with Gasteiger partial charge in [-0.25, -0.2) is 9.97 Å². The number of piperidine rings is 1. The first-order valence-corrected chi connectivity index (χ1v) is 6.98. The molecule has 0 saturated carbocycles. The highest BCUT2D eigenvalue weighted by molar-refractivity contribution is 5.50. The van der Waals surface area contributed by atoms with Crippen molar-refractivity contribution in [3.63, 3.8) is 0 Å². The van der Waals surface area contributed by atoms with Gasteiger partial charge in [-0.1, -0.05) is 13.8 Å². The van der Waals surface area contributed by atoms with Gasteiger partial charge in [0.1, 0.15) is 17.5 Å². The van der Waals surface area contributed by atoms with Gasteiger partial charge in [0.05, 0.1) is 0 Å². The molecular formula is C14H24N4. The maximum absolute atomic E-state index is 4.68. The second kappa shape index (κ2) is 5.55. The molecule has 2 atom stereocenters. The predicted molar refractivity (Wildman–Crippen MR) is 76.2 cm³/mol. The van der Waals surface area contributed by atoms with E-state index in [1.54, 1.807) is 0 Å². The van der Waals surface area contributed by atoms with Crippen LogP contribution in [0.4, 0.5) is 11.6 Å². The molecule has 1 aromatic heterocycles. The van der Waals surface area contributed by atoms with Gasteiger partial charge in [0.2, 0.25) is 0 Å². The van der Waals surface area contributed by atoms with Crippen molar-refractivity contribution in [2.24, 2.45) is 5.92 Å². The van der Waals surface area contributed by atoms with Crippen molar-refractivity contribution in [2.75, 3.05) is 23.8 Å². The van der Waals surface area contributed by atoms with E-state index in [1.165, 1.54) is 12.8 Å². The van der Waals surface area contributed by atoms with Crippen molar-refractivity contribution in [3.05, 3.63) is 11.9 Å². The average Bonchev–Trinajstić information content (AvgIpc) is 2.41. The van der Waals surface area contributed by atoms with Gasteiger partial charge in [0.15, 0.2) is 0 Å². The molecule has 0 aliphatic carbocycles. The number of nitrogens with one attached hydrogen (secondary N) is 1. The molecule has 100 valence electrons. The van der Waals surface area contributed by atoms with Crippen LogP contribution < -0.4 is 10.2 Å². The highest BCUT2D eigenvalue weighted by Crippen LogP contribution is 2.28. The summed E-state index contributed by atoms with van der Waals surface area (Å²) in [5.74, 6) is 3.65. The Morgan fingerprint density at radius 2 is 2.17 bits per heavy atom. The fourth-order valence-corrected chi connectivity index (χ4v) is 2.58. The largest absolute Gasteiger partial charge is 0.373 e. The smallest absolute Gasteiger partial charge is 0.134 e. The summed E-state index contributed by atoms with van der Waals surface area (Å²) in [6, 6.07) is 2.62. The maximum atomic E-state index is 4.68. The maximum Gasteiger partial charge on any atom is 0.134 e. The Morgan fingerprint density at radius 3 is 2.83 bits per heavy atom. The Hall–Kier alpha value is -1.32. The lowest BCUT2D eigenvalue weighted by atomic mass is 9.92. The van der Waals surface area contributed by atoms with Crippen molar-refractivity contribution in [1.82, 2.24) is 9.97 Å². The van der Waals surface area contributed by atoms with Crippen LogP contribution in [0.15, 0.2) is 6.07 Å². The van der Waals surface area contributed by atoms with E-state index in [2.05, 4.69) is 47.0 Å². The van der Waals surface area contributed by atoms with Crippen LogP contribution in [0.2, 0.25) is 0 Å². The Balaban J connectivity index is 2.31. The van der Waals surface area contributed by atoms with Crippen LogP contribution in [0, 0.1) is 5.92 Å². The molecule has 2 heterocycles. The van der Waals surface area contributed by atoms with Crippen molar-refractivity contribution in [3.8, 4) is 0 Å². The second-order valence-corrected chi connectivity index (χ2v) is 5.18. The molecule has 0 bridgehead atoms. The van der Waals surface area contributed by atoms with Gasteiger partial charge >= 0.3 is 0 Å². The number of anilines is 2. The van der Waals surface area contributed by atoms with Crippen molar-refractivity contribution in [1.29, 1.82) is 0 Å². The van der Waals surface area contributed by atoms with Crippen LogP contribution in [0.5, 0.6) is 0 Å². The van der Waals surface area contributed by atoms with E-state index in [0.29, 0.717) is 6.04 Å². The quantitative estimate of drug-likeness (QED) is 0.893. The lowest BCUT2D eigenvalue weighted by molar-refractivity contribution is 0.361. The minimum Gasteiger partial charge on any atom is -0.373 e. The third-order valence-electron chi connectivity index (χ3n) is 4.00. The topological polar surface area (TPSA) is 41.1 Å². The molecular weight excluding hydrogens is 224 g/mol. The standard InChI is InChI=1S/C14H24N4/c1-5-12-16-13(15-4)9-14(17-12)18-8-6-7-10(2)11(18)3/h9-11H,5-8H2,1-4H3,(H,15,16,17). The zero-order valence-corrected chi connectivity index (χ0v) is 11.9. The van der Waals surface area contributed by atoms with Crippen molar-refractivity contribution in [2.45, 2.75) is 46.1 Å². The van der Waals surface area contributed by atoms with Crippen LogP contribution in [-0.4, -0.2) is 29.6 Å². The molecule has 1 saturated heterocycles. The van der Waals surface area contributed by atoms with Crippen LogP contribution in [0.25, 0.3) is 0 Å². The summed E-state index contributed by atoms with van der Waals surface area (Å²) >= 11 is 0. The van der Waals surface area contributed by atoms with Gasteiger partial charge in [-0.2, -0.15) is 0 Å². The van der Waals surface area contributed by atoms with E-state index in [4.69, 9.17) is 0 Å². The Kier molecular flexibility index (Phi) is 4.04. The number of rotatable bonds is 3. The van der Waals surface area contributed by atoms with Crippen molar-refractivity contribution >= 4 is 11.6 Å². The predicted octanol–water partition coefficient (Wildman–Crippen LogP) is 2.71. The summed E-state index contributed by atoms with van der Waals surface area (Å²) in [7, 11) is 1.91. The number of hydrogen-bond acceptors (Lipinski definition) is 4. The van der Waals surface area contributed by atoms with Gasteiger partial charge in [-0.3, -0.25) is 0 Å². The first kappa shape index (κ1) is 13.1. The van der Waals surface area contributed by atoms with E-state index in [1.807, 2.05) is 7.05 Å². The summed E-state index contributed by atoms with van der Waals surface area (Å²) in [4.78, 5) is 11.6. The molecule has 0 spiro atoms. The van der Waals surface area contributed by atoms with Gasteiger partial charge in [0, 0.05) is 32.1 Å². The Morgan fingerprint density at radius 1 is 1.39 bits per heavy atom. The summed E-state index contributed by atoms with van der Waals surface area (Å²) in [5.41, 5.74) is 0. The van der Waals surface area contributed by atoms with E-state index >= 15 is 0 Å². The third kappa shape index (κ3) is 2.57. The van der Waals surface area contributed by atoms with Crippen LogP contribution in [0.1, 0.15) is 39.4 Å². The summed E-state index contributed by atoms with van der Waals surface area (Å²) in [6.45, 7) is 7.84. The van der Waals surface area contributed by atoms with Crippen molar-refractivity contribution < 1.29 is 0 Å². The van der Waals surface area contributed by atoms with E-state index in [9.17, 15) is 0 Å². The second-order valence-electron chi connectivity index (χ2n) is 5.18. The molecule has 1 aliphatic heterocycles. The molecule has 1 N–H and O–H groups in total. The number of hydrogen-bond donors (Lipinski definition) is 1. The third-order valence-corrected chi connectivity index (χ3v) is 4.00. The zero-order chi connectivity index (χ0) is 13.1. The van der Waals surface area contributed by atoms with E-state index in [0.717, 1.165) is 36.3 Å². The molecule has 2 unspecified atom stereocenters. The average molecular weight is 248 g/mol. The normalized spacial score (nSPS) is 24.1. The number of nitrogens with zero attached hydrogens (tertiary/aromatic N) is 3. The van der Waals surface area contributed by atoms with E-state index < -0.39 is 0 Å². The minimum absolute atomic E-state index is 0.558. The molecule has 4 nitrogen and oxygen atoms in total. The first-order valence-electron chi connectivity index (χ1n) is 6.98. The van der Waals surface area contributed by atoms with Crippen LogP contribution in [-0.2, 0) is 6.42 Å². The fourth-order valence-electron chi connectivity index (χ4n) is 2.58. The molecule has 1 aromatic rings. The number of aromatic nitrogens is 2. The van der Waals surface area contributed by atoms with Crippen LogP contribution >= 0.6 is 0 Å². The summed E-state index contributed by atoms with van der Waals surface area (Å²) in [5, 5.41) is 3.13. The molecule has 1 fully saturated rings. The van der Waals surface area contributed by atoms with Gasteiger partial charge in [-0.15, -0.1) is 0 Å². The highest BCUT2D eigenvalue weighted by Gasteiger charge is 2.26. The Labute approximate surface area is 110 Å². The molecule has 0 radical (unpaired) electrons. The SMILES string of the molecule is CCc1nc(NC)cc(N2CCCC(C)C2C)n1. The lowest BCUT2D eigenvalue weighted by Crippen LogP contribution is -2.43. The molecule has 18 heavy (non-hydrogen) atoms. The van der Waals surface area contributed by atoms with E-state index in [-0.39, 0.29) is 0 Å². The van der Waals surface area contributed by atoms with Crippen LogP contribution in [0.3, 0.4) is 0 Å². The molecule has 2 rings (SSSR count). The lowest BCUT2D eigenvalue weighted by Gasteiger charge is -2.39. The summed E-state index contributed by atoms with van der Waals surface area (Å²) in [6.07, 6.45) is 3.45. The molecule has 1 aliphatic rings. The summed E-state index contributed by atoms with van der Waals surface area (Å²) < 4.78 is 0. The first-order chi connectivity index (χ1) is 8.65. The minimum atomic E-state index is 0.558. The fraction of sp³-hybridized carbons (Fsp3) is 0.714. The van der Waals surface area contributed by atoms with Gasteiger partial charge in [0.25, 0.3) is 0 Å². The molecule has 4 heteroatoms. The number of aryl methyl sites for hydroxylation is 1. The monoisotopic (exact) mass is 248 g/mol. The molecule has 0 amide bonds. The van der Waals surface area contributed by atoms with Gasteiger partial charge in [-0.05, 0) is 25.7 Å².